The lowest BCUT2D eigenvalue weighted by Crippen LogP contribution is -2.09. The Bertz CT molecular complexity index is 1150. The molecule has 0 saturated carbocycles. The Morgan fingerprint density at radius 3 is 2.31 bits per heavy atom. The molecule has 4 aromatic rings. The normalized spacial score (nSPS) is 11.6. The minimum Gasteiger partial charge on any atom is -0.354 e. The molecule has 0 bridgehead atoms. The molecule has 2 heterocycles. The van der Waals surface area contributed by atoms with Crippen LogP contribution in [0.5, 0.6) is 0 Å². The van der Waals surface area contributed by atoms with Crippen molar-refractivity contribution < 1.29 is 8.42 Å². The van der Waals surface area contributed by atoms with Gasteiger partial charge in [-0.2, -0.15) is 0 Å². The van der Waals surface area contributed by atoms with Gasteiger partial charge >= 0.3 is 0 Å². The van der Waals surface area contributed by atoms with Gasteiger partial charge in [0.1, 0.15) is 0 Å². The number of fused-ring (bicyclic) bond motifs is 2. The number of nitrogens with one attached hydrogen (secondary N) is 2. The number of sulfonamides is 1. The fourth-order valence-electron chi connectivity index (χ4n) is 2.85. The Kier molecular flexibility index (Phi) is 3.93. The maximum atomic E-state index is 11.3. The smallest absolute Gasteiger partial charge is 0.229 e. The van der Waals surface area contributed by atoms with E-state index in [0.717, 1.165) is 39.4 Å². The number of hydrogen-bond donors (Lipinski definition) is 2. The van der Waals surface area contributed by atoms with Gasteiger partial charge in [0.25, 0.3) is 0 Å². The summed E-state index contributed by atoms with van der Waals surface area (Å²) >= 11 is 0. The number of rotatable bonds is 4. The molecule has 0 atom stereocenters. The second-order valence-corrected chi connectivity index (χ2v) is 7.72. The van der Waals surface area contributed by atoms with Gasteiger partial charge in [0.05, 0.1) is 23.0 Å². The average Bonchev–Trinajstić information content (AvgIpc) is 2.62. The molecule has 130 valence electrons. The van der Waals surface area contributed by atoms with Crippen LogP contribution >= 0.6 is 0 Å². The number of anilines is 3. The second kappa shape index (κ2) is 6.27. The summed E-state index contributed by atoms with van der Waals surface area (Å²) in [4.78, 5) is 8.90. The fraction of sp³-hybridized carbons (Fsp3) is 0.0526. The molecule has 4 rings (SSSR count). The summed E-state index contributed by atoms with van der Waals surface area (Å²) in [5.41, 5.74) is 4.03. The molecular formula is C19H16N4O2S. The van der Waals surface area contributed by atoms with E-state index in [9.17, 15) is 8.42 Å². The monoisotopic (exact) mass is 364 g/mol. The standard InChI is InChI=1S/C19H16N4O2S/c1-26(24,25)23-14-8-6-13(7-9-14)21-19-15-4-2-3-5-17(15)22-18-10-11-20-12-16(18)19/h2-12,23H,1H3,(H,21,22). The summed E-state index contributed by atoms with van der Waals surface area (Å²) < 4.78 is 25.1. The van der Waals surface area contributed by atoms with E-state index in [4.69, 9.17) is 0 Å². The van der Waals surface area contributed by atoms with Crippen molar-refractivity contribution in [3.8, 4) is 0 Å². The summed E-state index contributed by atoms with van der Waals surface area (Å²) in [6.45, 7) is 0. The van der Waals surface area contributed by atoms with Crippen LogP contribution in [0.4, 0.5) is 17.1 Å². The minimum absolute atomic E-state index is 0.518. The molecule has 2 N–H and O–H groups in total. The van der Waals surface area contributed by atoms with Crippen molar-refractivity contribution in [1.82, 2.24) is 9.97 Å². The predicted octanol–water partition coefficient (Wildman–Crippen LogP) is 3.90. The number of aromatic nitrogens is 2. The van der Waals surface area contributed by atoms with Crippen molar-refractivity contribution in [2.24, 2.45) is 0 Å². The van der Waals surface area contributed by atoms with Gasteiger partial charge in [-0.3, -0.25) is 9.71 Å². The zero-order chi connectivity index (χ0) is 18.1. The van der Waals surface area contributed by atoms with Gasteiger partial charge in [0.15, 0.2) is 0 Å². The van der Waals surface area contributed by atoms with E-state index >= 15 is 0 Å². The van der Waals surface area contributed by atoms with E-state index in [1.165, 1.54) is 0 Å². The van der Waals surface area contributed by atoms with Crippen LogP contribution in [0.3, 0.4) is 0 Å². The third-order valence-corrected chi connectivity index (χ3v) is 4.55. The molecule has 0 aliphatic heterocycles. The minimum atomic E-state index is -3.29. The van der Waals surface area contributed by atoms with Crippen molar-refractivity contribution in [3.05, 3.63) is 67.0 Å². The first-order valence-corrected chi connectivity index (χ1v) is 9.86. The average molecular weight is 364 g/mol. The maximum absolute atomic E-state index is 11.3. The van der Waals surface area contributed by atoms with Gasteiger partial charge < -0.3 is 5.32 Å². The van der Waals surface area contributed by atoms with Crippen LogP contribution in [0.1, 0.15) is 0 Å². The topological polar surface area (TPSA) is 84.0 Å². The lowest BCUT2D eigenvalue weighted by molar-refractivity contribution is 0.607. The van der Waals surface area contributed by atoms with Crippen LogP contribution in [0.15, 0.2) is 67.0 Å². The number of nitrogens with zero attached hydrogens (tertiary/aromatic N) is 2. The predicted molar refractivity (Wildman–Crippen MR) is 105 cm³/mol. The highest BCUT2D eigenvalue weighted by atomic mass is 32.2. The van der Waals surface area contributed by atoms with Gasteiger partial charge in [0.2, 0.25) is 10.0 Å². The Morgan fingerprint density at radius 1 is 0.846 bits per heavy atom. The van der Waals surface area contributed by atoms with Crippen LogP contribution in [0, 0.1) is 0 Å². The summed E-state index contributed by atoms with van der Waals surface area (Å²) in [6.07, 6.45) is 4.64. The highest BCUT2D eigenvalue weighted by molar-refractivity contribution is 7.92. The molecular weight excluding hydrogens is 348 g/mol. The number of hydrogen-bond acceptors (Lipinski definition) is 5. The summed E-state index contributed by atoms with van der Waals surface area (Å²) in [6, 6.07) is 16.9. The zero-order valence-corrected chi connectivity index (χ0v) is 14.8. The third kappa shape index (κ3) is 3.29. The number of para-hydroxylation sites is 1. The fourth-order valence-corrected chi connectivity index (χ4v) is 3.41. The third-order valence-electron chi connectivity index (χ3n) is 3.94. The van der Waals surface area contributed by atoms with Crippen LogP contribution in [-0.4, -0.2) is 24.6 Å². The van der Waals surface area contributed by atoms with E-state index < -0.39 is 10.0 Å². The van der Waals surface area contributed by atoms with Gasteiger partial charge in [-0.25, -0.2) is 13.4 Å². The van der Waals surface area contributed by atoms with E-state index in [0.29, 0.717) is 5.69 Å². The molecule has 0 saturated heterocycles. The molecule has 0 spiro atoms. The highest BCUT2D eigenvalue weighted by Crippen LogP contribution is 2.32. The number of benzene rings is 2. The van der Waals surface area contributed by atoms with Crippen molar-refractivity contribution in [2.75, 3.05) is 16.3 Å². The van der Waals surface area contributed by atoms with Crippen LogP contribution < -0.4 is 10.0 Å². The largest absolute Gasteiger partial charge is 0.354 e. The van der Waals surface area contributed by atoms with Crippen molar-refractivity contribution in [2.45, 2.75) is 0 Å². The first-order chi connectivity index (χ1) is 12.5. The Hall–Kier alpha value is -3.19. The summed E-state index contributed by atoms with van der Waals surface area (Å²) in [5.74, 6) is 0. The Labute approximate surface area is 151 Å². The molecule has 0 aliphatic carbocycles. The summed E-state index contributed by atoms with van der Waals surface area (Å²) in [7, 11) is -3.29. The molecule has 0 fully saturated rings. The van der Waals surface area contributed by atoms with Gasteiger partial charge in [-0.05, 0) is 36.4 Å². The zero-order valence-electron chi connectivity index (χ0n) is 14.0. The molecule has 0 aliphatic rings. The molecule has 0 unspecified atom stereocenters. The van der Waals surface area contributed by atoms with E-state index in [2.05, 4.69) is 20.0 Å². The molecule has 2 aromatic heterocycles. The highest BCUT2D eigenvalue weighted by Gasteiger charge is 2.09. The Morgan fingerprint density at radius 2 is 1.54 bits per heavy atom. The van der Waals surface area contributed by atoms with Crippen molar-refractivity contribution in [3.63, 3.8) is 0 Å². The van der Waals surface area contributed by atoms with E-state index in [1.54, 1.807) is 24.5 Å². The quantitative estimate of drug-likeness (QED) is 0.537. The molecule has 0 radical (unpaired) electrons. The van der Waals surface area contributed by atoms with Crippen LogP contribution in [0.2, 0.25) is 0 Å². The maximum Gasteiger partial charge on any atom is 0.229 e. The van der Waals surface area contributed by atoms with Crippen LogP contribution in [0.25, 0.3) is 21.8 Å². The molecule has 0 amide bonds. The van der Waals surface area contributed by atoms with Gasteiger partial charge in [-0.1, -0.05) is 18.2 Å². The summed E-state index contributed by atoms with van der Waals surface area (Å²) in [5, 5.41) is 5.34. The number of pyridine rings is 2. The van der Waals surface area contributed by atoms with E-state index in [1.807, 2.05) is 42.5 Å². The SMILES string of the molecule is CS(=O)(=O)Nc1ccc(Nc2c3ccccc3nc3ccncc23)cc1. The molecule has 2 aromatic carbocycles. The lowest BCUT2D eigenvalue weighted by Gasteiger charge is -2.13. The van der Waals surface area contributed by atoms with E-state index in [-0.39, 0.29) is 0 Å². The van der Waals surface area contributed by atoms with Crippen molar-refractivity contribution >= 4 is 48.9 Å². The Balaban J connectivity index is 1.78. The first kappa shape index (κ1) is 16.3. The van der Waals surface area contributed by atoms with Crippen LogP contribution in [-0.2, 0) is 10.0 Å². The van der Waals surface area contributed by atoms with Gasteiger partial charge in [-0.15, -0.1) is 0 Å². The molecule has 26 heavy (non-hydrogen) atoms. The molecule has 6 nitrogen and oxygen atoms in total. The molecule has 7 heteroatoms. The first-order valence-electron chi connectivity index (χ1n) is 7.97. The van der Waals surface area contributed by atoms with Crippen molar-refractivity contribution in [1.29, 1.82) is 0 Å². The van der Waals surface area contributed by atoms with Gasteiger partial charge in [0, 0.05) is 34.5 Å². The lowest BCUT2D eigenvalue weighted by atomic mass is 10.1. The second-order valence-electron chi connectivity index (χ2n) is 5.97.